The zero-order valence-corrected chi connectivity index (χ0v) is 16.7. The number of benzene rings is 3. The van der Waals surface area contributed by atoms with Crippen LogP contribution < -0.4 is 9.47 Å². The minimum atomic E-state index is -0.986. The average Bonchev–Trinajstić information content (AvgIpc) is 2.69. The maximum atomic E-state index is 11.4. The number of hydrogen-bond acceptors (Lipinski definition) is 3. The SMILES string of the molecule is Cc1ccc(C#CCOc2cc(C)ccc2Oc2cccc(C(=O)O)c2C)cc1. The monoisotopic (exact) mass is 386 g/mol. The van der Waals surface area contributed by atoms with Crippen LogP contribution in [0.2, 0.25) is 0 Å². The fourth-order valence-corrected chi connectivity index (χ4v) is 2.78. The quantitative estimate of drug-likeness (QED) is 0.586. The zero-order valence-electron chi connectivity index (χ0n) is 16.7. The third-order valence-corrected chi connectivity index (χ3v) is 4.42. The Labute approximate surface area is 170 Å². The molecule has 0 amide bonds. The highest BCUT2D eigenvalue weighted by Gasteiger charge is 2.13. The number of rotatable bonds is 5. The predicted molar refractivity (Wildman–Crippen MR) is 113 cm³/mol. The number of hydrogen-bond donors (Lipinski definition) is 1. The lowest BCUT2D eigenvalue weighted by Crippen LogP contribution is -2.02. The van der Waals surface area contributed by atoms with Crippen LogP contribution in [0.25, 0.3) is 0 Å². The van der Waals surface area contributed by atoms with Gasteiger partial charge >= 0.3 is 5.97 Å². The molecule has 0 spiro atoms. The molecule has 1 N–H and O–H groups in total. The normalized spacial score (nSPS) is 10.0. The van der Waals surface area contributed by atoms with Crippen LogP contribution in [-0.4, -0.2) is 17.7 Å². The van der Waals surface area contributed by atoms with Crippen molar-refractivity contribution in [1.82, 2.24) is 0 Å². The van der Waals surface area contributed by atoms with Gasteiger partial charge in [-0.05, 0) is 62.7 Å². The minimum absolute atomic E-state index is 0.209. The molecule has 3 rings (SSSR count). The van der Waals surface area contributed by atoms with Gasteiger partial charge in [0.15, 0.2) is 11.5 Å². The summed E-state index contributed by atoms with van der Waals surface area (Å²) in [6, 6.07) is 18.5. The summed E-state index contributed by atoms with van der Waals surface area (Å²) in [5, 5.41) is 9.30. The van der Waals surface area contributed by atoms with Gasteiger partial charge in [0.2, 0.25) is 0 Å². The van der Waals surface area contributed by atoms with Crippen LogP contribution in [0.3, 0.4) is 0 Å². The van der Waals surface area contributed by atoms with Gasteiger partial charge in [0, 0.05) is 11.1 Å². The van der Waals surface area contributed by atoms with Crippen molar-refractivity contribution in [3.63, 3.8) is 0 Å². The largest absolute Gasteiger partial charge is 0.478 e. The number of carboxylic acid groups (broad SMARTS) is 1. The number of carbonyl (C=O) groups is 1. The van der Waals surface area contributed by atoms with E-state index in [4.69, 9.17) is 9.47 Å². The second kappa shape index (κ2) is 8.99. The summed E-state index contributed by atoms with van der Waals surface area (Å²) in [5.41, 5.74) is 3.92. The summed E-state index contributed by atoms with van der Waals surface area (Å²) in [4.78, 5) is 11.4. The highest BCUT2D eigenvalue weighted by molar-refractivity contribution is 5.90. The van der Waals surface area contributed by atoms with Crippen molar-refractivity contribution in [2.45, 2.75) is 20.8 Å². The van der Waals surface area contributed by atoms with Gasteiger partial charge in [-0.15, -0.1) is 0 Å². The first-order valence-electron chi connectivity index (χ1n) is 9.24. The molecule has 0 bridgehead atoms. The van der Waals surface area contributed by atoms with Crippen LogP contribution in [0.1, 0.15) is 32.6 Å². The van der Waals surface area contributed by atoms with E-state index in [1.807, 2.05) is 56.3 Å². The fourth-order valence-electron chi connectivity index (χ4n) is 2.78. The molecule has 4 nitrogen and oxygen atoms in total. The third-order valence-electron chi connectivity index (χ3n) is 4.42. The van der Waals surface area contributed by atoms with Crippen molar-refractivity contribution in [1.29, 1.82) is 0 Å². The average molecular weight is 386 g/mol. The maximum Gasteiger partial charge on any atom is 0.336 e. The second-order valence-corrected chi connectivity index (χ2v) is 6.74. The minimum Gasteiger partial charge on any atom is -0.478 e. The van der Waals surface area contributed by atoms with E-state index in [1.165, 1.54) is 5.56 Å². The molecule has 29 heavy (non-hydrogen) atoms. The van der Waals surface area contributed by atoms with E-state index in [-0.39, 0.29) is 12.2 Å². The first-order chi connectivity index (χ1) is 13.9. The first-order valence-corrected chi connectivity index (χ1v) is 9.24. The Kier molecular flexibility index (Phi) is 6.21. The van der Waals surface area contributed by atoms with Crippen molar-refractivity contribution in [2.24, 2.45) is 0 Å². The van der Waals surface area contributed by atoms with Gasteiger partial charge < -0.3 is 14.6 Å². The van der Waals surface area contributed by atoms with E-state index in [2.05, 4.69) is 11.8 Å². The van der Waals surface area contributed by atoms with Crippen molar-refractivity contribution in [2.75, 3.05) is 6.61 Å². The van der Waals surface area contributed by atoms with Gasteiger partial charge in [-0.25, -0.2) is 4.79 Å². The molecule has 0 aromatic heterocycles. The Morgan fingerprint density at radius 1 is 0.897 bits per heavy atom. The van der Waals surface area contributed by atoms with E-state index in [9.17, 15) is 9.90 Å². The van der Waals surface area contributed by atoms with Crippen LogP contribution in [0.4, 0.5) is 0 Å². The molecule has 0 heterocycles. The first kappa shape index (κ1) is 20.0. The summed E-state index contributed by atoms with van der Waals surface area (Å²) in [6.45, 7) is 5.93. The fraction of sp³-hybridized carbons (Fsp3) is 0.160. The molecule has 0 atom stereocenters. The molecule has 0 saturated carbocycles. The summed E-state index contributed by atoms with van der Waals surface area (Å²) in [5.74, 6) is 6.64. The van der Waals surface area contributed by atoms with Gasteiger partial charge in [0.05, 0.1) is 5.56 Å². The van der Waals surface area contributed by atoms with Crippen molar-refractivity contribution in [3.8, 4) is 29.1 Å². The lowest BCUT2D eigenvalue weighted by molar-refractivity contribution is 0.0695. The van der Waals surface area contributed by atoms with Crippen LogP contribution in [-0.2, 0) is 0 Å². The Bertz CT molecular complexity index is 1090. The Morgan fingerprint density at radius 3 is 2.34 bits per heavy atom. The number of ether oxygens (including phenoxy) is 2. The topological polar surface area (TPSA) is 55.8 Å². The van der Waals surface area contributed by atoms with E-state index in [1.54, 1.807) is 25.1 Å². The van der Waals surface area contributed by atoms with Crippen molar-refractivity contribution in [3.05, 3.63) is 88.5 Å². The molecule has 0 unspecified atom stereocenters. The van der Waals surface area contributed by atoms with Crippen molar-refractivity contribution >= 4 is 5.97 Å². The summed E-state index contributed by atoms with van der Waals surface area (Å²) >= 11 is 0. The molecule has 0 aliphatic heterocycles. The van der Waals surface area contributed by atoms with Gasteiger partial charge in [0.25, 0.3) is 0 Å². The molecular formula is C25H22O4. The summed E-state index contributed by atoms with van der Waals surface area (Å²) in [6.07, 6.45) is 0. The van der Waals surface area contributed by atoms with Gasteiger partial charge in [0.1, 0.15) is 12.4 Å². The molecule has 146 valence electrons. The molecule has 3 aromatic carbocycles. The highest BCUT2D eigenvalue weighted by atomic mass is 16.5. The van der Waals surface area contributed by atoms with Crippen LogP contribution in [0.5, 0.6) is 17.2 Å². The van der Waals surface area contributed by atoms with Gasteiger partial charge in [-0.1, -0.05) is 41.7 Å². The van der Waals surface area contributed by atoms with Gasteiger partial charge in [-0.2, -0.15) is 0 Å². The van der Waals surface area contributed by atoms with Crippen LogP contribution >= 0.6 is 0 Å². The molecule has 0 aliphatic rings. The van der Waals surface area contributed by atoms with Crippen LogP contribution in [0, 0.1) is 32.6 Å². The van der Waals surface area contributed by atoms with E-state index < -0.39 is 5.97 Å². The molecule has 4 heteroatoms. The van der Waals surface area contributed by atoms with Crippen LogP contribution in [0.15, 0.2) is 60.7 Å². The molecular weight excluding hydrogens is 364 g/mol. The lowest BCUT2D eigenvalue weighted by atomic mass is 10.1. The van der Waals surface area contributed by atoms with E-state index >= 15 is 0 Å². The van der Waals surface area contributed by atoms with E-state index in [0.29, 0.717) is 22.8 Å². The predicted octanol–water partition coefficient (Wildman–Crippen LogP) is 5.53. The maximum absolute atomic E-state index is 11.4. The smallest absolute Gasteiger partial charge is 0.336 e. The Morgan fingerprint density at radius 2 is 1.62 bits per heavy atom. The molecule has 0 radical (unpaired) electrons. The lowest BCUT2D eigenvalue weighted by Gasteiger charge is -2.14. The Hall–Kier alpha value is -3.71. The highest BCUT2D eigenvalue weighted by Crippen LogP contribution is 2.34. The van der Waals surface area contributed by atoms with Crippen molar-refractivity contribution < 1.29 is 19.4 Å². The summed E-state index contributed by atoms with van der Waals surface area (Å²) in [7, 11) is 0. The third kappa shape index (κ3) is 5.18. The Balaban J connectivity index is 1.78. The standard InChI is InChI=1S/C25H22O4/c1-17-9-12-20(13-10-17)6-5-15-28-24-16-18(2)11-14-23(24)29-22-8-4-7-21(19(22)3)25(26)27/h4,7-14,16H,15H2,1-3H3,(H,26,27). The number of carboxylic acids is 1. The number of aryl methyl sites for hydroxylation is 2. The zero-order chi connectivity index (χ0) is 20.8. The molecule has 0 fully saturated rings. The molecule has 0 saturated heterocycles. The second-order valence-electron chi connectivity index (χ2n) is 6.74. The van der Waals surface area contributed by atoms with E-state index in [0.717, 1.165) is 11.1 Å². The van der Waals surface area contributed by atoms with Gasteiger partial charge in [-0.3, -0.25) is 0 Å². The molecule has 3 aromatic rings. The summed E-state index contributed by atoms with van der Waals surface area (Å²) < 4.78 is 11.8. The number of aromatic carboxylic acids is 1. The molecule has 0 aliphatic carbocycles.